The Bertz CT molecular complexity index is 651. The lowest BCUT2D eigenvalue weighted by molar-refractivity contribution is -0.116. The summed E-state index contributed by atoms with van der Waals surface area (Å²) in [5.41, 5.74) is 5.48. The zero-order chi connectivity index (χ0) is 15.4. The van der Waals surface area contributed by atoms with Gasteiger partial charge >= 0.3 is 0 Å². The normalized spacial score (nSPS) is 10.5. The Morgan fingerprint density at radius 1 is 1.05 bits per heavy atom. The molecule has 1 amide bonds. The number of hydrogen-bond acceptors (Lipinski definition) is 1. The van der Waals surface area contributed by atoms with E-state index in [1.807, 2.05) is 51.1 Å². The predicted octanol–water partition coefficient (Wildman–Crippen LogP) is 4.38. The van der Waals surface area contributed by atoms with E-state index >= 15 is 0 Å². The molecule has 0 saturated heterocycles. The first-order valence-corrected chi connectivity index (χ1v) is 7.54. The summed E-state index contributed by atoms with van der Waals surface area (Å²) in [4.78, 5) is 14.0. The number of halogens is 1. The van der Waals surface area contributed by atoms with Gasteiger partial charge in [-0.05, 0) is 38.0 Å². The second-order valence-corrected chi connectivity index (χ2v) is 5.66. The quantitative estimate of drug-likeness (QED) is 0.767. The Hall–Kier alpha value is -1.80. The zero-order valence-electron chi connectivity index (χ0n) is 12.7. The molecule has 0 heterocycles. The van der Waals surface area contributed by atoms with Gasteiger partial charge in [0.05, 0.1) is 6.54 Å². The van der Waals surface area contributed by atoms with Crippen LogP contribution in [0, 0.1) is 20.8 Å². The van der Waals surface area contributed by atoms with Crippen molar-refractivity contribution >= 4 is 23.2 Å². The van der Waals surface area contributed by atoms with Crippen LogP contribution in [0.1, 0.15) is 22.3 Å². The van der Waals surface area contributed by atoms with Crippen LogP contribution in [-0.2, 0) is 11.3 Å². The summed E-state index contributed by atoms with van der Waals surface area (Å²) in [6, 6.07) is 14.3. The smallest absolute Gasteiger partial charge is 0.242 e. The molecule has 0 N–H and O–H groups in total. The van der Waals surface area contributed by atoms with Gasteiger partial charge < -0.3 is 4.90 Å². The monoisotopic (exact) mass is 301 g/mol. The number of hydrogen-bond donors (Lipinski definition) is 0. The first kappa shape index (κ1) is 15.6. The Morgan fingerprint density at radius 2 is 1.76 bits per heavy atom. The second kappa shape index (κ2) is 6.77. The fourth-order valence-corrected chi connectivity index (χ4v) is 2.63. The van der Waals surface area contributed by atoms with Gasteiger partial charge in [-0.15, -0.1) is 11.6 Å². The maximum atomic E-state index is 12.2. The molecule has 21 heavy (non-hydrogen) atoms. The van der Waals surface area contributed by atoms with Gasteiger partial charge in [0.2, 0.25) is 5.91 Å². The lowest BCUT2D eigenvalue weighted by atomic mass is 10.1. The Labute approximate surface area is 131 Å². The molecule has 0 fully saturated rings. The fraction of sp³-hybridized carbons (Fsp3) is 0.278. The van der Waals surface area contributed by atoms with Gasteiger partial charge in [-0.2, -0.15) is 0 Å². The molecular formula is C18H20ClNO. The Balaban J connectivity index is 2.37. The van der Waals surface area contributed by atoms with E-state index in [-0.39, 0.29) is 11.8 Å². The largest absolute Gasteiger partial charge is 0.307 e. The van der Waals surface area contributed by atoms with Gasteiger partial charge in [-0.3, -0.25) is 4.79 Å². The van der Waals surface area contributed by atoms with E-state index in [4.69, 9.17) is 11.6 Å². The lowest BCUT2D eigenvalue weighted by Gasteiger charge is -2.24. The van der Waals surface area contributed by atoms with Gasteiger partial charge in [-0.25, -0.2) is 0 Å². The third kappa shape index (κ3) is 3.85. The van der Waals surface area contributed by atoms with Crippen LogP contribution in [0.25, 0.3) is 0 Å². The van der Waals surface area contributed by atoms with Gasteiger partial charge in [0.1, 0.15) is 5.88 Å². The van der Waals surface area contributed by atoms with E-state index in [0.29, 0.717) is 6.54 Å². The first-order valence-electron chi connectivity index (χ1n) is 7.00. The highest BCUT2D eigenvalue weighted by Gasteiger charge is 2.17. The van der Waals surface area contributed by atoms with Crippen LogP contribution in [-0.4, -0.2) is 11.8 Å². The zero-order valence-corrected chi connectivity index (χ0v) is 13.4. The Kier molecular flexibility index (Phi) is 5.03. The summed E-state index contributed by atoms with van der Waals surface area (Å²) < 4.78 is 0. The van der Waals surface area contributed by atoms with Crippen molar-refractivity contribution in [2.45, 2.75) is 27.3 Å². The number of amides is 1. The molecule has 3 heteroatoms. The third-order valence-corrected chi connectivity index (χ3v) is 3.71. The number of carbonyl (C=O) groups excluding carboxylic acids is 1. The van der Waals surface area contributed by atoms with Crippen LogP contribution in [0.2, 0.25) is 0 Å². The molecule has 2 aromatic rings. The number of alkyl halides is 1. The van der Waals surface area contributed by atoms with Crippen LogP contribution in [0.4, 0.5) is 5.69 Å². The van der Waals surface area contributed by atoms with Crippen molar-refractivity contribution in [1.82, 2.24) is 0 Å². The Morgan fingerprint density at radius 3 is 2.38 bits per heavy atom. The number of anilines is 1. The maximum Gasteiger partial charge on any atom is 0.242 e. The van der Waals surface area contributed by atoms with E-state index in [1.165, 1.54) is 11.1 Å². The van der Waals surface area contributed by atoms with Crippen LogP contribution in [0.3, 0.4) is 0 Å². The molecular weight excluding hydrogens is 282 g/mol. The summed E-state index contributed by atoms with van der Waals surface area (Å²) in [5.74, 6) is -0.0933. The van der Waals surface area contributed by atoms with Crippen molar-refractivity contribution in [2.24, 2.45) is 0 Å². The van der Waals surface area contributed by atoms with Gasteiger partial charge in [0.25, 0.3) is 0 Å². The van der Waals surface area contributed by atoms with Crippen molar-refractivity contribution in [3.63, 3.8) is 0 Å². The standard InChI is InChI=1S/C18H20ClNO/c1-13-5-4-6-16(10-13)12-20(18(21)11-19)17-8-7-14(2)9-15(17)3/h4-10H,11-12H2,1-3H3. The summed E-state index contributed by atoms with van der Waals surface area (Å²) in [7, 11) is 0. The van der Waals surface area contributed by atoms with Crippen LogP contribution in [0.15, 0.2) is 42.5 Å². The average molecular weight is 302 g/mol. The highest BCUT2D eigenvalue weighted by molar-refractivity contribution is 6.29. The molecule has 0 spiro atoms. The summed E-state index contributed by atoms with van der Waals surface area (Å²) in [6.45, 7) is 6.66. The average Bonchev–Trinajstić information content (AvgIpc) is 2.45. The number of aryl methyl sites for hydroxylation is 3. The summed E-state index contributed by atoms with van der Waals surface area (Å²) in [6.07, 6.45) is 0. The van der Waals surface area contributed by atoms with E-state index in [2.05, 4.69) is 12.1 Å². The minimum Gasteiger partial charge on any atom is -0.307 e. The van der Waals surface area contributed by atoms with E-state index in [1.54, 1.807) is 4.90 Å². The maximum absolute atomic E-state index is 12.2. The van der Waals surface area contributed by atoms with Crippen LogP contribution in [0.5, 0.6) is 0 Å². The fourth-order valence-electron chi connectivity index (χ4n) is 2.48. The van der Waals surface area contributed by atoms with Crippen molar-refractivity contribution in [1.29, 1.82) is 0 Å². The van der Waals surface area contributed by atoms with Gasteiger partial charge in [0, 0.05) is 5.69 Å². The molecule has 0 aliphatic rings. The summed E-state index contributed by atoms with van der Waals surface area (Å²) >= 11 is 5.79. The van der Waals surface area contributed by atoms with E-state index in [9.17, 15) is 4.79 Å². The molecule has 2 rings (SSSR count). The molecule has 0 aliphatic heterocycles. The van der Waals surface area contributed by atoms with Crippen molar-refractivity contribution in [3.05, 3.63) is 64.7 Å². The predicted molar refractivity (Wildman–Crippen MR) is 89.0 cm³/mol. The molecule has 0 radical (unpaired) electrons. The topological polar surface area (TPSA) is 20.3 Å². The highest BCUT2D eigenvalue weighted by atomic mass is 35.5. The molecule has 2 nitrogen and oxygen atoms in total. The third-order valence-electron chi connectivity index (χ3n) is 3.48. The number of nitrogens with zero attached hydrogens (tertiary/aromatic N) is 1. The molecule has 2 aromatic carbocycles. The minimum atomic E-state index is -0.0786. The molecule has 0 unspecified atom stereocenters. The van der Waals surface area contributed by atoms with Crippen LogP contribution >= 0.6 is 11.6 Å². The molecule has 0 atom stereocenters. The highest BCUT2D eigenvalue weighted by Crippen LogP contribution is 2.24. The number of carbonyl (C=O) groups is 1. The molecule has 0 saturated carbocycles. The van der Waals surface area contributed by atoms with Crippen LogP contribution < -0.4 is 4.90 Å². The second-order valence-electron chi connectivity index (χ2n) is 5.39. The molecule has 0 bridgehead atoms. The first-order chi connectivity index (χ1) is 10.0. The van der Waals surface area contributed by atoms with Crippen molar-refractivity contribution < 1.29 is 4.79 Å². The molecule has 0 aliphatic carbocycles. The lowest BCUT2D eigenvalue weighted by Crippen LogP contribution is -2.32. The molecule has 110 valence electrons. The minimum absolute atomic E-state index is 0.0147. The van der Waals surface area contributed by atoms with E-state index < -0.39 is 0 Å². The number of rotatable bonds is 4. The molecule has 0 aromatic heterocycles. The number of benzene rings is 2. The van der Waals surface area contributed by atoms with Crippen molar-refractivity contribution in [3.8, 4) is 0 Å². The SMILES string of the molecule is Cc1cccc(CN(C(=O)CCl)c2ccc(C)cc2C)c1. The summed E-state index contributed by atoms with van der Waals surface area (Å²) in [5, 5.41) is 0. The van der Waals surface area contributed by atoms with Crippen molar-refractivity contribution in [2.75, 3.05) is 10.8 Å². The van der Waals surface area contributed by atoms with Gasteiger partial charge in [-0.1, -0.05) is 47.5 Å². The van der Waals surface area contributed by atoms with E-state index in [0.717, 1.165) is 16.8 Å². The van der Waals surface area contributed by atoms with Gasteiger partial charge in [0.15, 0.2) is 0 Å².